The van der Waals surface area contributed by atoms with Crippen molar-refractivity contribution in [3.63, 3.8) is 0 Å². The lowest BCUT2D eigenvalue weighted by molar-refractivity contribution is -0.152. The van der Waals surface area contributed by atoms with Gasteiger partial charge in [0.15, 0.2) is 0 Å². The Morgan fingerprint density at radius 3 is 2.63 bits per heavy atom. The van der Waals surface area contributed by atoms with Crippen LogP contribution in [-0.4, -0.2) is 18.0 Å². The molecule has 0 N–H and O–H groups in total. The van der Waals surface area contributed by atoms with Crippen molar-refractivity contribution in [3.05, 3.63) is 46.5 Å². The molecule has 3 aliphatic carbocycles. The van der Waals surface area contributed by atoms with E-state index >= 15 is 0 Å². The van der Waals surface area contributed by atoms with Crippen molar-refractivity contribution in [3.8, 4) is 5.75 Å². The number of hydrogen-bond acceptors (Lipinski definition) is 4. The molecule has 4 heteroatoms. The third-order valence-corrected chi connectivity index (χ3v) is 6.30. The van der Waals surface area contributed by atoms with Gasteiger partial charge in [0.1, 0.15) is 11.9 Å². The monoisotopic (exact) mass is 366 g/mol. The van der Waals surface area contributed by atoms with Gasteiger partial charge >= 0.3 is 11.9 Å². The molecule has 0 saturated heterocycles. The van der Waals surface area contributed by atoms with Crippen molar-refractivity contribution in [2.24, 2.45) is 5.41 Å². The molecule has 0 unspecified atom stereocenters. The number of carbonyl (C=O) groups is 2. The molecule has 4 rings (SSSR count). The van der Waals surface area contributed by atoms with Crippen LogP contribution in [0.4, 0.5) is 0 Å². The van der Waals surface area contributed by atoms with E-state index in [9.17, 15) is 9.59 Å². The van der Waals surface area contributed by atoms with E-state index in [1.165, 1.54) is 41.7 Å². The topological polar surface area (TPSA) is 52.6 Å². The van der Waals surface area contributed by atoms with E-state index in [0.717, 1.165) is 38.5 Å². The average Bonchev–Trinajstić information content (AvgIpc) is 2.61. The van der Waals surface area contributed by atoms with E-state index in [0.29, 0.717) is 5.75 Å². The Labute approximate surface area is 160 Å². The Morgan fingerprint density at radius 2 is 1.89 bits per heavy atom. The second-order valence-electron chi connectivity index (χ2n) is 8.08. The number of aryl methyl sites for hydroxylation is 1. The standard InChI is InChI=1S/C23H26O4/c1-14(24)26-17-8-10-18-16(13-17)7-9-20-19(18)11-12-23(3)21(20)5-4-6-22(23)27-15(2)25/h5,8,10,13,22H,4,6-7,9,11-12H2,1-3H3/t22-,23+/m1/s1. The number of carbonyl (C=O) groups excluding carboxylic acids is 2. The summed E-state index contributed by atoms with van der Waals surface area (Å²) in [6.45, 7) is 5.19. The summed E-state index contributed by atoms with van der Waals surface area (Å²) in [5, 5.41) is 0. The first-order valence-electron chi connectivity index (χ1n) is 9.80. The largest absolute Gasteiger partial charge is 0.462 e. The van der Waals surface area contributed by atoms with Crippen molar-refractivity contribution in [1.29, 1.82) is 0 Å². The maximum Gasteiger partial charge on any atom is 0.308 e. The van der Waals surface area contributed by atoms with E-state index in [2.05, 4.69) is 19.1 Å². The van der Waals surface area contributed by atoms with Gasteiger partial charge in [-0.15, -0.1) is 0 Å². The van der Waals surface area contributed by atoms with Gasteiger partial charge in [0.25, 0.3) is 0 Å². The van der Waals surface area contributed by atoms with Gasteiger partial charge in [0.05, 0.1) is 0 Å². The first-order chi connectivity index (χ1) is 12.9. The Hall–Kier alpha value is -2.36. The summed E-state index contributed by atoms with van der Waals surface area (Å²) in [5.74, 6) is 0.148. The number of benzene rings is 1. The second kappa shape index (κ2) is 6.66. The van der Waals surface area contributed by atoms with Crippen LogP contribution < -0.4 is 4.74 Å². The number of rotatable bonds is 2. The molecule has 3 aliphatic rings. The van der Waals surface area contributed by atoms with Crippen LogP contribution in [0, 0.1) is 5.41 Å². The first-order valence-corrected chi connectivity index (χ1v) is 9.80. The number of allylic oxidation sites excluding steroid dienone is 3. The summed E-state index contributed by atoms with van der Waals surface area (Å²) in [6, 6.07) is 5.99. The SMILES string of the molecule is CC(=O)Oc1ccc2c(c1)CCC1=C2CC[C@@]2(C)C1=CCC[C@H]2OC(C)=O. The molecule has 1 aromatic carbocycles. The molecule has 0 bridgehead atoms. The van der Waals surface area contributed by atoms with Crippen LogP contribution in [0.15, 0.2) is 35.4 Å². The minimum atomic E-state index is -0.289. The van der Waals surface area contributed by atoms with Gasteiger partial charge in [-0.05, 0) is 78.5 Å². The zero-order valence-electron chi connectivity index (χ0n) is 16.3. The Morgan fingerprint density at radius 1 is 1.07 bits per heavy atom. The Kier molecular flexibility index (Phi) is 4.45. The first kappa shape index (κ1) is 18.0. The highest BCUT2D eigenvalue weighted by Gasteiger charge is 2.46. The predicted molar refractivity (Wildman–Crippen MR) is 103 cm³/mol. The van der Waals surface area contributed by atoms with Gasteiger partial charge in [-0.3, -0.25) is 9.59 Å². The number of ether oxygens (including phenoxy) is 2. The second-order valence-corrected chi connectivity index (χ2v) is 8.08. The van der Waals surface area contributed by atoms with Crippen molar-refractivity contribution < 1.29 is 19.1 Å². The van der Waals surface area contributed by atoms with Crippen molar-refractivity contribution in [1.82, 2.24) is 0 Å². The zero-order valence-corrected chi connectivity index (χ0v) is 16.3. The third kappa shape index (κ3) is 3.11. The maximum atomic E-state index is 11.6. The summed E-state index contributed by atoms with van der Waals surface area (Å²) in [4.78, 5) is 22.8. The zero-order chi connectivity index (χ0) is 19.2. The van der Waals surface area contributed by atoms with Gasteiger partial charge in [-0.25, -0.2) is 0 Å². The molecule has 142 valence electrons. The predicted octanol–water partition coefficient (Wildman–Crippen LogP) is 4.76. The van der Waals surface area contributed by atoms with Gasteiger partial charge in [-0.1, -0.05) is 19.1 Å². The van der Waals surface area contributed by atoms with Crippen LogP contribution in [-0.2, 0) is 20.7 Å². The Bertz CT molecular complexity index is 876. The van der Waals surface area contributed by atoms with E-state index in [1.807, 2.05) is 12.1 Å². The molecule has 0 spiro atoms. The summed E-state index contributed by atoms with van der Waals surface area (Å²) in [6.07, 6.45) is 8.10. The van der Waals surface area contributed by atoms with Crippen molar-refractivity contribution in [2.45, 2.75) is 65.4 Å². The summed E-state index contributed by atoms with van der Waals surface area (Å²) in [7, 11) is 0. The number of esters is 2. The molecule has 0 fully saturated rings. The molecule has 0 aliphatic heterocycles. The third-order valence-electron chi connectivity index (χ3n) is 6.30. The van der Waals surface area contributed by atoms with Crippen LogP contribution in [0.2, 0.25) is 0 Å². The van der Waals surface area contributed by atoms with E-state index in [1.54, 1.807) is 0 Å². The van der Waals surface area contributed by atoms with Crippen LogP contribution in [0.1, 0.15) is 64.0 Å². The lowest BCUT2D eigenvalue weighted by atomic mass is 9.60. The minimum absolute atomic E-state index is 0.0308. The Balaban J connectivity index is 1.71. The molecule has 27 heavy (non-hydrogen) atoms. The van der Waals surface area contributed by atoms with Gasteiger partial charge in [-0.2, -0.15) is 0 Å². The average molecular weight is 366 g/mol. The molecular weight excluding hydrogens is 340 g/mol. The molecular formula is C23H26O4. The van der Waals surface area contributed by atoms with Gasteiger partial charge in [0, 0.05) is 19.3 Å². The smallest absolute Gasteiger partial charge is 0.308 e. The molecule has 1 aromatic rings. The van der Waals surface area contributed by atoms with Crippen LogP contribution in [0.5, 0.6) is 5.75 Å². The fraction of sp³-hybridized carbons (Fsp3) is 0.478. The normalized spacial score (nSPS) is 26.3. The molecule has 0 saturated carbocycles. The number of fused-ring (bicyclic) bond motifs is 4. The number of hydrogen-bond donors (Lipinski definition) is 0. The highest BCUT2D eigenvalue weighted by atomic mass is 16.5. The van der Waals surface area contributed by atoms with Crippen LogP contribution >= 0.6 is 0 Å². The molecule has 0 aromatic heterocycles. The van der Waals surface area contributed by atoms with Gasteiger partial charge < -0.3 is 9.47 Å². The van der Waals surface area contributed by atoms with E-state index in [4.69, 9.17) is 9.47 Å². The fourth-order valence-electron chi connectivity index (χ4n) is 5.10. The summed E-state index contributed by atoms with van der Waals surface area (Å²) < 4.78 is 11.0. The van der Waals surface area contributed by atoms with Crippen molar-refractivity contribution >= 4 is 17.5 Å². The molecule has 4 nitrogen and oxygen atoms in total. The quantitative estimate of drug-likeness (QED) is 0.559. The maximum absolute atomic E-state index is 11.6. The highest BCUT2D eigenvalue weighted by molar-refractivity contribution is 5.79. The van der Waals surface area contributed by atoms with Crippen LogP contribution in [0.3, 0.4) is 0 Å². The lowest BCUT2D eigenvalue weighted by Crippen LogP contribution is -2.42. The fourth-order valence-corrected chi connectivity index (χ4v) is 5.10. The highest BCUT2D eigenvalue weighted by Crippen LogP contribution is 2.55. The lowest BCUT2D eigenvalue weighted by Gasteiger charge is -2.47. The summed E-state index contributed by atoms with van der Waals surface area (Å²) in [5.41, 5.74) is 6.69. The minimum Gasteiger partial charge on any atom is -0.462 e. The molecule has 0 radical (unpaired) electrons. The van der Waals surface area contributed by atoms with E-state index in [-0.39, 0.29) is 23.5 Å². The molecule has 2 atom stereocenters. The molecule has 0 amide bonds. The van der Waals surface area contributed by atoms with Crippen molar-refractivity contribution in [2.75, 3.05) is 0 Å². The molecule has 0 heterocycles. The van der Waals surface area contributed by atoms with Crippen LogP contribution in [0.25, 0.3) is 5.57 Å². The van der Waals surface area contributed by atoms with E-state index < -0.39 is 0 Å². The van der Waals surface area contributed by atoms with Gasteiger partial charge in [0.2, 0.25) is 0 Å². The summed E-state index contributed by atoms with van der Waals surface area (Å²) >= 11 is 0.